The summed E-state index contributed by atoms with van der Waals surface area (Å²) in [6.07, 6.45) is 6.59. The van der Waals surface area contributed by atoms with Crippen LogP contribution in [0.4, 0.5) is 5.82 Å². The molecule has 0 aliphatic carbocycles. The number of anilines is 1. The number of aliphatic imine (C=N–C) groups is 1. The first-order valence-corrected chi connectivity index (χ1v) is 10.5. The Morgan fingerprint density at radius 1 is 1.23 bits per heavy atom. The molecule has 0 spiro atoms. The van der Waals surface area contributed by atoms with Crippen LogP contribution in [0.1, 0.15) is 12.0 Å². The number of aromatic nitrogens is 3. The van der Waals surface area contributed by atoms with Gasteiger partial charge in [0.15, 0.2) is 5.96 Å². The molecule has 0 saturated carbocycles. The average molecular weight is 444 g/mol. The van der Waals surface area contributed by atoms with Crippen LogP contribution in [0.3, 0.4) is 0 Å². The fourth-order valence-corrected chi connectivity index (χ4v) is 3.81. The van der Waals surface area contributed by atoms with Gasteiger partial charge < -0.3 is 15.5 Å². The lowest BCUT2D eigenvalue weighted by Gasteiger charge is -2.20. The molecule has 2 N–H and O–H groups in total. The van der Waals surface area contributed by atoms with Crippen LogP contribution >= 0.6 is 23.2 Å². The third-order valence-electron chi connectivity index (χ3n) is 4.98. The van der Waals surface area contributed by atoms with Gasteiger partial charge in [0, 0.05) is 55.7 Å². The van der Waals surface area contributed by atoms with Crippen LogP contribution in [-0.4, -0.2) is 46.9 Å². The van der Waals surface area contributed by atoms with Gasteiger partial charge in [0.2, 0.25) is 0 Å². The van der Waals surface area contributed by atoms with Gasteiger partial charge in [-0.05, 0) is 42.8 Å². The van der Waals surface area contributed by atoms with Crippen molar-refractivity contribution < 1.29 is 0 Å². The lowest BCUT2D eigenvalue weighted by Crippen LogP contribution is -2.44. The number of hydrogen-bond acceptors (Lipinski definition) is 4. The first kappa shape index (κ1) is 20.5. The summed E-state index contributed by atoms with van der Waals surface area (Å²) in [7, 11) is 1.77. The predicted molar refractivity (Wildman–Crippen MR) is 122 cm³/mol. The lowest BCUT2D eigenvalue weighted by atomic mass is 10.3. The molecule has 1 aromatic carbocycles. The zero-order valence-electron chi connectivity index (χ0n) is 16.6. The van der Waals surface area contributed by atoms with Crippen molar-refractivity contribution >= 4 is 35.0 Å². The highest BCUT2D eigenvalue weighted by Crippen LogP contribution is 2.25. The average Bonchev–Trinajstić information content (AvgIpc) is 3.42. The Bertz CT molecular complexity index is 1020. The van der Waals surface area contributed by atoms with E-state index < -0.39 is 0 Å². The number of hydrogen-bond donors (Lipinski definition) is 2. The lowest BCUT2D eigenvalue weighted by molar-refractivity contribution is 0.648. The van der Waals surface area contributed by atoms with Crippen molar-refractivity contribution in [1.82, 2.24) is 25.4 Å². The van der Waals surface area contributed by atoms with Crippen LogP contribution < -0.4 is 15.5 Å². The summed E-state index contributed by atoms with van der Waals surface area (Å²) in [6, 6.07) is 11.6. The summed E-state index contributed by atoms with van der Waals surface area (Å²) < 4.78 is 1.83. The highest BCUT2D eigenvalue weighted by molar-refractivity contribution is 6.33. The third-order valence-corrected chi connectivity index (χ3v) is 5.53. The van der Waals surface area contributed by atoms with Crippen molar-refractivity contribution in [2.75, 3.05) is 25.0 Å². The molecule has 4 rings (SSSR count). The molecule has 2 aromatic heterocycles. The summed E-state index contributed by atoms with van der Waals surface area (Å²) in [5.74, 6) is 1.59. The Balaban J connectivity index is 1.31. The molecule has 1 saturated heterocycles. The van der Waals surface area contributed by atoms with E-state index in [0.717, 1.165) is 42.5 Å². The number of benzene rings is 1. The van der Waals surface area contributed by atoms with E-state index in [2.05, 4.69) is 30.6 Å². The Labute approximate surface area is 185 Å². The van der Waals surface area contributed by atoms with Gasteiger partial charge in [-0.1, -0.05) is 23.2 Å². The van der Waals surface area contributed by atoms with Gasteiger partial charge in [0.1, 0.15) is 5.82 Å². The van der Waals surface area contributed by atoms with Gasteiger partial charge in [-0.25, -0.2) is 9.67 Å². The second-order valence-corrected chi connectivity index (χ2v) is 7.92. The van der Waals surface area contributed by atoms with E-state index in [1.165, 1.54) is 0 Å². The molecule has 156 valence electrons. The Morgan fingerprint density at radius 3 is 2.83 bits per heavy atom. The number of pyridine rings is 1. The van der Waals surface area contributed by atoms with Crippen molar-refractivity contribution in [2.24, 2.45) is 4.99 Å². The van der Waals surface area contributed by atoms with Crippen molar-refractivity contribution in [1.29, 1.82) is 0 Å². The first-order valence-electron chi connectivity index (χ1n) is 9.74. The molecule has 1 aliphatic heterocycles. The summed E-state index contributed by atoms with van der Waals surface area (Å²) in [4.78, 5) is 11.0. The Morgan fingerprint density at radius 2 is 2.07 bits per heavy atom. The van der Waals surface area contributed by atoms with Gasteiger partial charge in [0.25, 0.3) is 0 Å². The minimum atomic E-state index is 0.270. The summed E-state index contributed by atoms with van der Waals surface area (Å²) in [5.41, 5.74) is 2.02. The Kier molecular flexibility index (Phi) is 6.40. The van der Waals surface area contributed by atoms with Gasteiger partial charge in [0.05, 0.1) is 16.9 Å². The van der Waals surface area contributed by atoms with Crippen molar-refractivity contribution in [2.45, 2.75) is 19.0 Å². The molecule has 1 aliphatic rings. The topological polar surface area (TPSA) is 70.4 Å². The van der Waals surface area contributed by atoms with Gasteiger partial charge in [-0.15, -0.1) is 0 Å². The van der Waals surface area contributed by atoms with E-state index in [9.17, 15) is 0 Å². The van der Waals surface area contributed by atoms with Gasteiger partial charge in [-0.3, -0.25) is 4.99 Å². The summed E-state index contributed by atoms with van der Waals surface area (Å²) in [6.45, 7) is 2.35. The van der Waals surface area contributed by atoms with E-state index in [1.807, 2.05) is 53.5 Å². The SMILES string of the molecule is CN=C(NCc1cnn(-c2ccc(Cl)cc2)c1)NC1CCN(c2ncccc2Cl)C1. The van der Waals surface area contributed by atoms with Crippen LogP contribution in [-0.2, 0) is 6.54 Å². The van der Waals surface area contributed by atoms with Gasteiger partial charge in [-0.2, -0.15) is 5.10 Å². The molecule has 30 heavy (non-hydrogen) atoms. The molecule has 0 radical (unpaired) electrons. The van der Waals surface area contributed by atoms with E-state index >= 15 is 0 Å². The van der Waals surface area contributed by atoms with Crippen LogP contribution in [0, 0.1) is 0 Å². The summed E-state index contributed by atoms with van der Waals surface area (Å²) >= 11 is 12.2. The van der Waals surface area contributed by atoms with E-state index in [0.29, 0.717) is 16.6 Å². The number of rotatable bonds is 5. The highest BCUT2D eigenvalue weighted by Gasteiger charge is 2.25. The van der Waals surface area contributed by atoms with E-state index in [-0.39, 0.29) is 6.04 Å². The zero-order chi connectivity index (χ0) is 20.9. The molecule has 7 nitrogen and oxygen atoms in total. The fourth-order valence-electron chi connectivity index (χ4n) is 3.44. The normalized spacial score (nSPS) is 16.7. The van der Waals surface area contributed by atoms with Crippen LogP contribution in [0.25, 0.3) is 5.69 Å². The monoisotopic (exact) mass is 443 g/mol. The van der Waals surface area contributed by atoms with Crippen LogP contribution in [0.5, 0.6) is 0 Å². The Hall–Kier alpha value is -2.77. The minimum Gasteiger partial charge on any atom is -0.353 e. The van der Waals surface area contributed by atoms with Crippen molar-refractivity contribution in [3.05, 3.63) is 70.6 Å². The molecule has 1 atom stereocenters. The van der Waals surface area contributed by atoms with Crippen molar-refractivity contribution in [3.63, 3.8) is 0 Å². The molecule has 0 bridgehead atoms. The van der Waals surface area contributed by atoms with Crippen LogP contribution in [0.15, 0.2) is 60.0 Å². The smallest absolute Gasteiger partial charge is 0.191 e. The van der Waals surface area contributed by atoms with Gasteiger partial charge >= 0.3 is 0 Å². The molecule has 1 fully saturated rings. The van der Waals surface area contributed by atoms with Crippen LogP contribution in [0.2, 0.25) is 10.0 Å². The molecule has 0 amide bonds. The number of halogens is 2. The number of nitrogens with zero attached hydrogens (tertiary/aromatic N) is 5. The second kappa shape index (κ2) is 9.36. The molecule has 3 heterocycles. The number of guanidine groups is 1. The highest BCUT2D eigenvalue weighted by atomic mass is 35.5. The molecule has 3 aromatic rings. The molecular weight excluding hydrogens is 421 g/mol. The zero-order valence-corrected chi connectivity index (χ0v) is 18.1. The quantitative estimate of drug-likeness (QED) is 0.466. The molecule has 9 heteroatoms. The predicted octanol–water partition coefficient (Wildman–Crippen LogP) is 3.52. The van der Waals surface area contributed by atoms with E-state index in [4.69, 9.17) is 23.2 Å². The fraction of sp³-hybridized carbons (Fsp3) is 0.286. The van der Waals surface area contributed by atoms with E-state index in [1.54, 1.807) is 13.2 Å². The molecule has 1 unspecified atom stereocenters. The minimum absolute atomic E-state index is 0.270. The number of nitrogens with one attached hydrogen (secondary N) is 2. The maximum absolute atomic E-state index is 6.28. The first-order chi connectivity index (χ1) is 14.6. The molecular formula is C21H23Cl2N7. The maximum atomic E-state index is 6.28. The maximum Gasteiger partial charge on any atom is 0.191 e. The summed E-state index contributed by atoms with van der Waals surface area (Å²) in [5, 5.41) is 12.6. The second-order valence-electron chi connectivity index (χ2n) is 7.08. The third kappa shape index (κ3) is 4.86. The standard InChI is InChI=1S/C21H23Cl2N7/c1-24-21(28-17-8-10-29(14-17)20-19(23)3-2-9-25-20)26-11-15-12-27-30(13-15)18-6-4-16(22)5-7-18/h2-7,9,12-13,17H,8,10-11,14H2,1H3,(H2,24,26,28). The van der Waals surface area contributed by atoms with Crippen molar-refractivity contribution in [3.8, 4) is 5.69 Å². The largest absolute Gasteiger partial charge is 0.353 e.